The summed E-state index contributed by atoms with van der Waals surface area (Å²) in [5.74, 6) is 1.21. The molecule has 2 aromatic heterocycles. The van der Waals surface area contributed by atoms with E-state index in [2.05, 4.69) is 15.5 Å². The number of thiophene rings is 1. The van der Waals surface area contributed by atoms with E-state index < -0.39 is 0 Å². The van der Waals surface area contributed by atoms with E-state index in [4.69, 9.17) is 16.1 Å². The third-order valence-corrected chi connectivity index (χ3v) is 3.85. The Morgan fingerprint density at radius 3 is 3.00 bits per heavy atom. The van der Waals surface area contributed by atoms with Gasteiger partial charge in [-0.25, -0.2) is 0 Å². The lowest BCUT2D eigenvalue weighted by Gasteiger charge is -1.91. The molecule has 16 heavy (non-hydrogen) atoms. The number of hydrogen-bond acceptors (Lipinski definition) is 5. The molecule has 0 fully saturated rings. The highest BCUT2D eigenvalue weighted by molar-refractivity contribution is 7.14. The summed E-state index contributed by atoms with van der Waals surface area (Å²) < 4.78 is 5.18. The van der Waals surface area contributed by atoms with Crippen molar-refractivity contribution in [3.63, 3.8) is 0 Å². The Morgan fingerprint density at radius 2 is 2.38 bits per heavy atom. The van der Waals surface area contributed by atoms with Crippen molar-refractivity contribution in [1.82, 2.24) is 15.5 Å². The number of likely N-dealkylation sites (N-methyl/N-ethyl adjacent to an activating group) is 1. The van der Waals surface area contributed by atoms with Crippen LogP contribution in [0.4, 0.5) is 0 Å². The van der Waals surface area contributed by atoms with Gasteiger partial charge in [-0.3, -0.25) is 0 Å². The SMILES string of the molecule is CNCCc1noc(-c2scc(C)c2Cl)n1. The fourth-order valence-electron chi connectivity index (χ4n) is 1.26. The molecule has 0 aliphatic carbocycles. The number of rotatable bonds is 4. The van der Waals surface area contributed by atoms with Gasteiger partial charge < -0.3 is 9.84 Å². The van der Waals surface area contributed by atoms with Crippen LogP contribution >= 0.6 is 22.9 Å². The van der Waals surface area contributed by atoms with Gasteiger partial charge in [-0.15, -0.1) is 11.3 Å². The van der Waals surface area contributed by atoms with Crippen LogP contribution < -0.4 is 5.32 Å². The summed E-state index contributed by atoms with van der Waals surface area (Å²) in [5.41, 5.74) is 1.04. The monoisotopic (exact) mass is 257 g/mol. The van der Waals surface area contributed by atoms with Crippen LogP contribution in [-0.4, -0.2) is 23.7 Å². The van der Waals surface area contributed by atoms with Gasteiger partial charge in [-0.05, 0) is 24.9 Å². The van der Waals surface area contributed by atoms with E-state index >= 15 is 0 Å². The summed E-state index contributed by atoms with van der Waals surface area (Å²) in [5, 5.41) is 9.62. The molecule has 0 atom stereocenters. The number of hydrogen-bond donors (Lipinski definition) is 1. The highest BCUT2D eigenvalue weighted by Gasteiger charge is 2.15. The second-order valence-electron chi connectivity index (χ2n) is 3.43. The number of aromatic nitrogens is 2. The third kappa shape index (κ3) is 2.26. The molecule has 0 radical (unpaired) electrons. The molecule has 0 amide bonds. The van der Waals surface area contributed by atoms with E-state index in [1.165, 1.54) is 11.3 Å². The smallest absolute Gasteiger partial charge is 0.269 e. The molecule has 0 saturated carbocycles. The van der Waals surface area contributed by atoms with Crippen LogP contribution in [0.2, 0.25) is 5.02 Å². The molecule has 0 bridgehead atoms. The third-order valence-electron chi connectivity index (χ3n) is 2.16. The van der Waals surface area contributed by atoms with E-state index in [9.17, 15) is 0 Å². The predicted molar refractivity (Wildman–Crippen MR) is 65.0 cm³/mol. The Kier molecular flexibility index (Phi) is 3.58. The highest BCUT2D eigenvalue weighted by atomic mass is 35.5. The van der Waals surface area contributed by atoms with Gasteiger partial charge in [-0.1, -0.05) is 16.8 Å². The Morgan fingerprint density at radius 1 is 1.56 bits per heavy atom. The molecule has 0 aliphatic rings. The molecule has 86 valence electrons. The first-order valence-corrected chi connectivity index (χ1v) is 6.19. The van der Waals surface area contributed by atoms with Crippen LogP contribution in [-0.2, 0) is 6.42 Å². The van der Waals surface area contributed by atoms with Gasteiger partial charge in [0.05, 0.1) is 5.02 Å². The van der Waals surface area contributed by atoms with Crippen molar-refractivity contribution >= 4 is 22.9 Å². The fourth-order valence-corrected chi connectivity index (χ4v) is 2.45. The summed E-state index contributed by atoms with van der Waals surface area (Å²) in [6, 6.07) is 0. The lowest BCUT2D eigenvalue weighted by molar-refractivity contribution is 0.423. The Balaban J connectivity index is 2.21. The van der Waals surface area contributed by atoms with Gasteiger partial charge in [0, 0.05) is 13.0 Å². The van der Waals surface area contributed by atoms with Gasteiger partial charge in [0.2, 0.25) is 0 Å². The second kappa shape index (κ2) is 4.95. The summed E-state index contributed by atoms with van der Waals surface area (Å²) >= 11 is 7.65. The van der Waals surface area contributed by atoms with Gasteiger partial charge in [0.1, 0.15) is 4.88 Å². The van der Waals surface area contributed by atoms with Crippen LogP contribution in [0.5, 0.6) is 0 Å². The van der Waals surface area contributed by atoms with E-state index in [0.29, 0.717) is 16.7 Å². The maximum atomic E-state index is 6.13. The molecule has 0 spiro atoms. The first-order chi connectivity index (χ1) is 7.72. The van der Waals surface area contributed by atoms with Crippen molar-refractivity contribution in [3.05, 3.63) is 21.8 Å². The Labute approximate surface area is 103 Å². The molecule has 2 heterocycles. The van der Waals surface area contributed by atoms with Crippen LogP contribution in [0.25, 0.3) is 10.8 Å². The zero-order chi connectivity index (χ0) is 11.5. The predicted octanol–water partition coefficient (Wildman–Crippen LogP) is 2.52. The van der Waals surface area contributed by atoms with E-state index in [1.807, 2.05) is 19.4 Å². The van der Waals surface area contributed by atoms with Crippen molar-refractivity contribution in [3.8, 4) is 10.8 Å². The van der Waals surface area contributed by atoms with Crippen molar-refractivity contribution in [2.75, 3.05) is 13.6 Å². The average Bonchev–Trinajstić information content (AvgIpc) is 2.85. The Hall–Kier alpha value is -0.910. The Bertz CT molecular complexity index is 480. The molecular formula is C10H12ClN3OS. The molecule has 0 aromatic carbocycles. The van der Waals surface area contributed by atoms with Gasteiger partial charge in [-0.2, -0.15) is 4.98 Å². The first kappa shape index (κ1) is 11.6. The molecule has 0 aliphatic heterocycles. The minimum absolute atomic E-state index is 0.509. The van der Waals surface area contributed by atoms with Crippen molar-refractivity contribution in [1.29, 1.82) is 0 Å². The molecule has 4 nitrogen and oxygen atoms in total. The van der Waals surface area contributed by atoms with Crippen molar-refractivity contribution in [2.24, 2.45) is 0 Å². The summed E-state index contributed by atoms with van der Waals surface area (Å²) in [6.45, 7) is 2.79. The van der Waals surface area contributed by atoms with Crippen LogP contribution in [0, 0.1) is 6.92 Å². The van der Waals surface area contributed by atoms with Gasteiger partial charge in [0.15, 0.2) is 5.82 Å². The number of nitrogens with zero attached hydrogens (tertiary/aromatic N) is 2. The maximum absolute atomic E-state index is 6.13. The zero-order valence-electron chi connectivity index (χ0n) is 9.08. The minimum atomic E-state index is 0.509. The first-order valence-electron chi connectivity index (χ1n) is 4.93. The minimum Gasteiger partial charge on any atom is -0.333 e. The number of nitrogens with one attached hydrogen (secondary N) is 1. The molecule has 2 rings (SSSR count). The lowest BCUT2D eigenvalue weighted by Crippen LogP contribution is -2.10. The molecule has 0 saturated heterocycles. The van der Waals surface area contributed by atoms with E-state index in [0.717, 1.165) is 23.4 Å². The van der Waals surface area contributed by atoms with Gasteiger partial charge in [0.25, 0.3) is 5.89 Å². The standard InChI is InChI=1S/C10H12ClN3OS/c1-6-5-16-9(8(6)11)10-13-7(14-15-10)3-4-12-2/h5,12H,3-4H2,1-2H3. The molecule has 2 aromatic rings. The topological polar surface area (TPSA) is 51.0 Å². The molecular weight excluding hydrogens is 246 g/mol. The van der Waals surface area contributed by atoms with E-state index in [-0.39, 0.29) is 0 Å². The average molecular weight is 258 g/mol. The molecule has 6 heteroatoms. The summed E-state index contributed by atoms with van der Waals surface area (Å²) in [4.78, 5) is 5.15. The maximum Gasteiger partial charge on any atom is 0.269 e. The normalized spacial score (nSPS) is 10.9. The van der Waals surface area contributed by atoms with Gasteiger partial charge >= 0.3 is 0 Å². The second-order valence-corrected chi connectivity index (χ2v) is 4.69. The zero-order valence-corrected chi connectivity index (χ0v) is 10.7. The summed E-state index contributed by atoms with van der Waals surface area (Å²) in [7, 11) is 1.89. The quantitative estimate of drug-likeness (QED) is 0.915. The highest BCUT2D eigenvalue weighted by Crippen LogP contribution is 2.35. The fraction of sp³-hybridized carbons (Fsp3) is 0.400. The molecule has 0 unspecified atom stereocenters. The summed E-state index contributed by atoms with van der Waals surface area (Å²) in [6.07, 6.45) is 0.752. The number of halogens is 1. The van der Waals surface area contributed by atoms with Crippen molar-refractivity contribution in [2.45, 2.75) is 13.3 Å². The lowest BCUT2D eigenvalue weighted by atomic mass is 10.3. The van der Waals surface area contributed by atoms with Crippen LogP contribution in [0.3, 0.4) is 0 Å². The van der Waals surface area contributed by atoms with E-state index in [1.54, 1.807) is 0 Å². The largest absolute Gasteiger partial charge is 0.333 e. The van der Waals surface area contributed by atoms with Crippen molar-refractivity contribution < 1.29 is 4.52 Å². The van der Waals surface area contributed by atoms with Crippen LogP contribution in [0.1, 0.15) is 11.4 Å². The molecule has 1 N–H and O–H groups in total. The van der Waals surface area contributed by atoms with Crippen LogP contribution in [0.15, 0.2) is 9.90 Å². The number of aryl methyl sites for hydroxylation is 1.